The highest BCUT2D eigenvalue weighted by molar-refractivity contribution is 6.46. The van der Waals surface area contributed by atoms with Crippen molar-refractivity contribution in [2.24, 2.45) is 10.9 Å². The van der Waals surface area contributed by atoms with Crippen molar-refractivity contribution in [3.8, 4) is 11.6 Å². The topological polar surface area (TPSA) is 76.9 Å². The van der Waals surface area contributed by atoms with Crippen LogP contribution in [0, 0.1) is 5.92 Å². The molecule has 0 radical (unpaired) electrons. The molecule has 3 heterocycles. The van der Waals surface area contributed by atoms with Crippen molar-refractivity contribution in [1.29, 1.82) is 0 Å². The number of ether oxygens (including phenoxy) is 2. The van der Waals surface area contributed by atoms with Gasteiger partial charge >= 0.3 is 0 Å². The van der Waals surface area contributed by atoms with E-state index in [1.165, 1.54) is 5.56 Å². The molecule has 7 heteroatoms. The van der Waals surface area contributed by atoms with E-state index >= 15 is 0 Å². The lowest BCUT2D eigenvalue weighted by Crippen LogP contribution is -2.46. The second-order valence-electron chi connectivity index (χ2n) is 10.3. The fourth-order valence-corrected chi connectivity index (χ4v) is 5.11. The van der Waals surface area contributed by atoms with Crippen LogP contribution in [0.15, 0.2) is 65.9 Å². The van der Waals surface area contributed by atoms with Crippen molar-refractivity contribution >= 4 is 23.0 Å². The van der Waals surface area contributed by atoms with E-state index in [1.807, 2.05) is 30.3 Å². The van der Waals surface area contributed by atoms with E-state index in [1.54, 1.807) is 31.6 Å². The molecule has 2 aromatic carbocycles. The minimum Gasteiger partial charge on any atom is -0.436 e. The van der Waals surface area contributed by atoms with Gasteiger partial charge in [0.15, 0.2) is 5.82 Å². The van der Waals surface area contributed by atoms with E-state index in [9.17, 15) is 4.79 Å². The minimum atomic E-state index is -0.214. The van der Waals surface area contributed by atoms with Crippen LogP contribution in [0.5, 0.6) is 11.6 Å². The van der Waals surface area contributed by atoms with Gasteiger partial charge < -0.3 is 14.4 Å². The first kappa shape index (κ1) is 25.1. The summed E-state index contributed by atoms with van der Waals surface area (Å²) < 4.78 is 11.9. The number of rotatable bonds is 7. The third-order valence-corrected chi connectivity index (χ3v) is 7.58. The van der Waals surface area contributed by atoms with Gasteiger partial charge in [-0.1, -0.05) is 18.2 Å². The molecule has 1 fully saturated rings. The van der Waals surface area contributed by atoms with E-state index in [4.69, 9.17) is 14.5 Å². The first-order chi connectivity index (χ1) is 17.9. The number of carbonyl (C=O) groups excluding carboxylic acids is 1. The van der Waals surface area contributed by atoms with Gasteiger partial charge in [-0.2, -0.15) is 0 Å². The van der Waals surface area contributed by atoms with Crippen molar-refractivity contribution in [2.75, 3.05) is 25.1 Å². The number of Topliss-reactive ketones (excluding diaryl/α,β-unsaturated/α-hetero) is 1. The van der Waals surface area contributed by atoms with Crippen LogP contribution in [0.1, 0.15) is 55.5 Å². The van der Waals surface area contributed by atoms with Crippen LogP contribution in [-0.4, -0.2) is 47.3 Å². The molecule has 0 aliphatic carbocycles. The fourth-order valence-electron chi connectivity index (χ4n) is 5.11. The maximum atomic E-state index is 13.2. The lowest BCUT2D eigenvalue weighted by molar-refractivity contribution is -0.0321. The normalized spacial score (nSPS) is 18.0. The standard InChI is InChI=1S/C30H34N4O3/c1-30(2,36-3)23-10-7-19-34(20-23)28-29(32-18-17-31-28)37-24-15-13-22(14-16-24)27(35)26-12-6-9-21-8-4-5-11-25(21)33-26/h4-5,8,11,13-18,23H,6-7,9-10,12,19-20H2,1-3H3. The van der Waals surface area contributed by atoms with Crippen molar-refractivity contribution in [3.63, 3.8) is 0 Å². The quantitative estimate of drug-likeness (QED) is 0.361. The summed E-state index contributed by atoms with van der Waals surface area (Å²) in [7, 11) is 1.77. The third-order valence-electron chi connectivity index (χ3n) is 7.58. The van der Waals surface area contributed by atoms with Gasteiger partial charge in [-0.25, -0.2) is 15.0 Å². The Balaban J connectivity index is 1.31. The van der Waals surface area contributed by atoms with E-state index in [-0.39, 0.29) is 11.4 Å². The summed E-state index contributed by atoms with van der Waals surface area (Å²) in [5.41, 5.74) is 3.08. The van der Waals surface area contributed by atoms with Crippen molar-refractivity contribution < 1.29 is 14.3 Å². The number of aromatic nitrogens is 2. The summed E-state index contributed by atoms with van der Waals surface area (Å²) in [6.07, 6.45) is 8.02. The van der Waals surface area contributed by atoms with Crippen LogP contribution < -0.4 is 9.64 Å². The number of benzene rings is 2. The van der Waals surface area contributed by atoms with Gasteiger partial charge in [0.25, 0.3) is 5.88 Å². The van der Waals surface area contributed by atoms with E-state index < -0.39 is 0 Å². The maximum absolute atomic E-state index is 13.2. The Bertz CT molecular complexity index is 1290. The van der Waals surface area contributed by atoms with Crippen LogP contribution in [0.4, 0.5) is 11.5 Å². The summed E-state index contributed by atoms with van der Waals surface area (Å²) in [6, 6.07) is 15.3. The van der Waals surface area contributed by atoms with E-state index in [0.717, 1.165) is 50.3 Å². The number of hydrogen-bond donors (Lipinski definition) is 0. The number of para-hydroxylation sites is 1. The van der Waals surface area contributed by atoms with Crippen molar-refractivity contribution in [3.05, 3.63) is 72.1 Å². The molecule has 0 N–H and O–H groups in total. The Labute approximate surface area is 218 Å². The zero-order valence-corrected chi connectivity index (χ0v) is 21.8. The summed E-state index contributed by atoms with van der Waals surface area (Å²) in [5.74, 6) is 2.14. The lowest BCUT2D eigenvalue weighted by Gasteiger charge is -2.41. The Morgan fingerprint density at radius 2 is 1.78 bits per heavy atom. The number of aliphatic imine (C=N–C) groups is 1. The van der Waals surface area contributed by atoms with Crippen LogP contribution in [0.2, 0.25) is 0 Å². The molecule has 1 aromatic heterocycles. The second-order valence-corrected chi connectivity index (χ2v) is 10.3. The molecule has 37 heavy (non-hydrogen) atoms. The largest absolute Gasteiger partial charge is 0.436 e. The monoisotopic (exact) mass is 498 g/mol. The van der Waals surface area contributed by atoms with Gasteiger partial charge in [0, 0.05) is 44.1 Å². The van der Waals surface area contributed by atoms with E-state index in [2.05, 4.69) is 34.8 Å². The summed E-state index contributed by atoms with van der Waals surface area (Å²) in [6.45, 7) is 5.99. The average molecular weight is 499 g/mol. The van der Waals surface area contributed by atoms with Gasteiger partial charge in [-0.15, -0.1) is 0 Å². The van der Waals surface area contributed by atoms with Gasteiger partial charge in [-0.3, -0.25) is 4.79 Å². The highest BCUT2D eigenvalue weighted by Crippen LogP contribution is 2.35. The number of fused-ring (bicyclic) bond motifs is 1. The molecule has 2 aliphatic rings. The molecule has 5 rings (SSSR count). The first-order valence-electron chi connectivity index (χ1n) is 13.0. The molecule has 192 valence electrons. The minimum absolute atomic E-state index is 0.0384. The maximum Gasteiger partial charge on any atom is 0.263 e. The van der Waals surface area contributed by atoms with Crippen LogP contribution in [0.3, 0.4) is 0 Å². The number of aryl methyl sites for hydroxylation is 1. The Hall–Kier alpha value is -3.58. The number of ketones is 1. The first-order valence-corrected chi connectivity index (χ1v) is 13.0. The fraction of sp³-hybridized carbons (Fsp3) is 0.400. The van der Waals surface area contributed by atoms with Gasteiger partial charge in [0.2, 0.25) is 5.78 Å². The Kier molecular flexibility index (Phi) is 7.33. The van der Waals surface area contributed by atoms with Gasteiger partial charge in [-0.05, 0) is 81.8 Å². The molecule has 0 spiro atoms. The second kappa shape index (κ2) is 10.8. The number of nitrogens with zero attached hydrogens (tertiary/aromatic N) is 4. The molecule has 0 saturated carbocycles. The van der Waals surface area contributed by atoms with Crippen LogP contribution in [-0.2, 0) is 11.2 Å². The molecule has 7 nitrogen and oxygen atoms in total. The molecule has 1 saturated heterocycles. The van der Waals surface area contributed by atoms with E-state index in [0.29, 0.717) is 35.2 Å². The molecule has 2 aliphatic heterocycles. The number of carbonyl (C=O) groups is 1. The summed E-state index contributed by atoms with van der Waals surface area (Å²) >= 11 is 0. The smallest absolute Gasteiger partial charge is 0.263 e. The van der Waals surface area contributed by atoms with Gasteiger partial charge in [0.05, 0.1) is 17.0 Å². The SMILES string of the molecule is COC(C)(C)C1CCCN(c2nccnc2Oc2ccc(C(=O)C3=Nc4ccccc4CCC3)cc2)C1. The third kappa shape index (κ3) is 5.57. The predicted octanol–water partition coefficient (Wildman–Crippen LogP) is 6.20. The molecular weight excluding hydrogens is 464 g/mol. The van der Waals surface area contributed by atoms with Crippen LogP contribution in [0.25, 0.3) is 0 Å². The molecule has 3 aromatic rings. The highest BCUT2D eigenvalue weighted by atomic mass is 16.5. The molecular formula is C30H34N4O3. The number of piperidine rings is 1. The van der Waals surface area contributed by atoms with Crippen molar-refractivity contribution in [2.45, 2.75) is 51.6 Å². The highest BCUT2D eigenvalue weighted by Gasteiger charge is 2.34. The molecule has 0 amide bonds. The van der Waals surface area contributed by atoms with Crippen LogP contribution >= 0.6 is 0 Å². The predicted molar refractivity (Wildman–Crippen MR) is 145 cm³/mol. The molecule has 1 atom stereocenters. The summed E-state index contributed by atoms with van der Waals surface area (Å²) in [5, 5.41) is 0. The number of methoxy groups -OCH3 is 1. The molecule has 0 bridgehead atoms. The zero-order valence-electron chi connectivity index (χ0n) is 21.8. The van der Waals surface area contributed by atoms with Gasteiger partial charge in [0.1, 0.15) is 5.75 Å². The number of hydrogen-bond acceptors (Lipinski definition) is 7. The lowest BCUT2D eigenvalue weighted by atomic mass is 9.84. The Morgan fingerprint density at radius 3 is 2.59 bits per heavy atom. The Morgan fingerprint density at radius 1 is 1.00 bits per heavy atom. The summed E-state index contributed by atoms with van der Waals surface area (Å²) in [4.78, 5) is 29.2. The number of anilines is 1. The zero-order chi connectivity index (χ0) is 25.8. The molecule has 1 unspecified atom stereocenters. The average Bonchev–Trinajstić information content (AvgIpc) is 3.16. The van der Waals surface area contributed by atoms with Crippen molar-refractivity contribution in [1.82, 2.24) is 9.97 Å².